The van der Waals surface area contributed by atoms with Crippen LogP contribution in [0.4, 0.5) is 8.78 Å². The van der Waals surface area contributed by atoms with E-state index in [2.05, 4.69) is 10.1 Å². The SMILES string of the molecule is C[C@H](C(=O)N[C@@H]1CCCc2cc(OC(F)F)ccc21)N1C(=O)CCC1=O. The molecule has 140 valence electrons. The van der Waals surface area contributed by atoms with Gasteiger partial charge in [0.2, 0.25) is 17.7 Å². The van der Waals surface area contributed by atoms with Crippen LogP contribution in [-0.2, 0) is 20.8 Å². The maximum absolute atomic E-state index is 12.5. The van der Waals surface area contributed by atoms with Gasteiger partial charge in [0, 0.05) is 12.8 Å². The molecule has 0 aromatic heterocycles. The highest BCUT2D eigenvalue weighted by molar-refractivity contribution is 6.05. The van der Waals surface area contributed by atoms with Gasteiger partial charge in [0.05, 0.1) is 6.04 Å². The number of amides is 3. The van der Waals surface area contributed by atoms with E-state index >= 15 is 0 Å². The van der Waals surface area contributed by atoms with Gasteiger partial charge < -0.3 is 10.1 Å². The van der Waals surface area contributed by atoms with Gasteiger partial charge in [-0.1, -0.05) is 6.07 Å². The number of imide groups is 1. The summed E-state index contributed by atoms with van der Waals surface area (Å²) in [6, 6.07) is 3.53. The first kappa shape index (κ1) is 18.3. The first-order valence-corrected chi connectivity index (χ1v) is 8.59. The number of carbonyl (C=O) groups is 3. The molecule has 3 amide bonds. The van der Waals surface area contributed by atoms with Crippen LogP contribution in [0.5, 0.6) is 5.75 Å². The second-order valence-electron chi connectivity index (χ2n) is 6.53. The van der Waals surface area contributed by atoms with Crippen molar-refractivity contribution in [1.82, 2.24) is 10.2 Å². The highest BCUT2D eigenvalue weighted by Gasteiger charge is 2.37. The normalized spacial score (nSPS) is 20.9. The molecule has 1 N–H and O–H groups in total. The summed E-state index contributed by atoms with van der Waals surface area (Å²) in [4.78, 5) is 37.1. The van der Waals surface area contributed by atoms with Crippen LogP contribution >= 0.6 is 0 Å². The van der Waals surface area contributed by atoms with Gasteiger partial charge in [-0.05, 0) is 49.4 Å². The number of rotatable bonds is 5. The molecule has 1 heterocycles. The van der Waals surface area contributed by atoms with E-state index in [9.17, 15) is 23.2 Å². The Bertz CT molecular complexity index is 722. The van der Waals surface area contributed by atoms with Crippen molar-refractivity contribution in [3.63, 3.8) is 0 Å². The number of hydrogen-bond acceptors (Lipinski definition) is 4. The van der Waals surface area contributed by atoms with Crippen LogP contribution in [0.25, 0.3) is 0 Å². The number of nitrogens with zero attached hydrogens (tertiary/aromatic N) is 1. The maximum atomic E-state index is 12.5. The molecule has 2 atom stereocenters. The van der Waals surface area contributed by atoms with Crippen LogP contribution in [0.3, 0.4) is 0 Å². The molecule has 0 saturated carbocycles. The Morgan fingerprint density at radius 2 is 1.92 bits per heavy atom. The number of benzene rings is 1. The first-order valence-electron chi connectivity index (χ1n) is 8.59. The van der Waals surface area contributed by atoms with Gasteiger partial charge in [0.25, 0.3) is 0 Å². The van der Waals surface area contributed by atoms with Crippen molar-refractivity contribution in [1.29, 1.82) is 0 Å². The zero-order valence-electron chi connectivity index (χ0n) is 14.3. The zero-order valence-corrected chi connectivity index (χ0v) is 14.3. The number of aryl methyl sites for hydroxylation is 1. The molecule has 0 radical (unpaired) electrons. The molecular weight excluding hydrogens is 346 g/mol. The van der Waals surface area contributed by atoms with E-state index in [4.69, 9.17) is 0 Å². The summed E-state index contributed by atoms with van der Waals surface area (Å²) < 4.78 is 29.1. The quantitative estimate of drug-likeness (QED) is 0.812. The fraction of sp³-hybridized carbons (Fsp3) is 0.500. The van der Waals surface area contributed by atoms with Crippen molar-refractivity contribution in [3.05, 3.63) is 29.3 Å². The second kappa shape index (κ2) is 7.39. The molecule has 1 aromatic rings. The molecule has 26 heavy (non-hydrogen) atoms. The molecule has 0 unspecified atom stereocenters. The lowest BCUT2D eigenvalue weighted by Gasteiger charge is -2.29. The Morgan fingerprint density at radius 1 is 1.23 bits per heavy atom. The third-order valence-corrected chi connectivity index (χ3v) is 4.83. The molecule has 1 aliphatic carbocycles. The average Bonchev–Trinajstić information content (AvgIpc) is 2.92. The van der Waals surface area contributed by atoms with Gasteiger partial charge in [-0.3, -0.25) is 19.3 Å². The lowest BCUT2D eigenvalue weighted by molar-refractivity contribution is -0.146. The number of fused-ring (bicyclic) bond motifs is 1. The second-order valence-corrected chi connectivity index (χ2v) is 6.53. The third kappa shape index (κ3) is 3.68. The fourth-order valence-electron chi connectivity index (χ4n) is 3.55. The summed E-state index contributed by atoms with van der Waals surface area (Å²) in [6.07, 6.45) is 2.46. The monoisotopic (exact) mass is 366 g/mol. The van der Waals surface area contributed by atoms with Gasteiger partial charge in [-0.2, -0.15) is 8.78 Å². The molecule has 0 spiro atoms. The van der Waals surface area contributed by atoms with Gasteiger partial charge in [-0.15, -0.1) is 0 Å². The Balaban J connectivity index is 1.72. The first-order chi connectivity index (χ1) is 12.4. The lowest BCUT2D eigenvalue weighted by atomic mass is 9.87. The molecule has 0 bridgehead atoms. The summed E-state index contributed by atoms with van der Waals surface area (Å²) in [5, 5.41) is 2.88. The minimum absolute atomic E-state index is 0.0901. The third-order valence-electron chi connectivity index (χ3n) is 4.83. The van der Waals surface area contributed by atoms with Crippen molar-refractivity contribution in [2.45, 2.75) is 57.7 Å². The van der Waals surface area contributed by atoms with E-state index in [1.807, 2.05) is 0 Å². The molecule has 6 nitrogen and oxygen atoms in total. The molecular formula is C18H20F2N2O4. The van der Waals surface area contributed by atoms with Crippen molar-refractivity contribution in [2.75, 3.05) is 0 Å². The molecule has 1 aromatic carbocycles. The van der Waals surface area contributed by atoms with E-state index < -0.39 is 18.6 Å². The summed E-state index contributed by atoms with van der Waals surface area (Å²) in [5.41, 5.74) is 1.69. The van der Waals surface area contributed by atoms with Crippen molar-refractivity contribution in [3.8, 4) is 5.75 Å². The van der Waals surface area contributed by atoms with Gasteiger partial charge >= 0.3 is 6.61 Å². The number of ether oxygens (including phenoxy) is 1. The van der Waals surface area contributed by atoms with Gasteiger partial charge in [-0.25, -0.2) is 0 Å². The summed E-state index contributed by atoms with van der Waals surface area (Å²) in [5.74, 6) is -0.988. The molecule has 3 rings (SSSR count). The molecule has 1 fully saturated rings. The van der Waals surface area contributed by atoms with Crippen LogP contribution in [0.2, 0.25) is 0 Å². The average molecular weight is 366 g/mol. The predicted octanol–water partition coefficient (Wildman–Crippen LogP) is 2.32. The van der Waals surface area contributed by atoms with Gasteiger partial charge in [0.1, 0.15) is 11.8 Å². The standard InChI is InChI=1S/C18H20F2N2O4/c1-10(22-15(23)7-8-16(22)24)17(25)21-14-4-2-3-11-9-12(26-18(19)20)5-6-13(11)14/h5-6,9-10,14,18H,2-4,7-8H2,1H3,(H,21,25)/t10-,14-/m1/s1. The lowest BCUT2D eigenvalue weighted by Crippen LogP contribution is -2.48. The summed E-state index contributed by atoms with van der Waals surface area (Å²) in [6.45, 7) is -1.36. The molecule has 2 aliphatic rings. The number of carbonyl (C=O) groups excluding carboxylic acids is 3. The van der Waals surface area contributed by atoms with Crippen molar-refractivity contribution in [2.24, 2.45) is 0 Å². The Hall–Kier alpha value is -2.51. The molecule has 1 saturated heterocycles. The fourth-order valence-corrected chi connectivity index (χ4v) is 3.55. The Morgan fingerprint density at radius 3 is 2.58 bits per heavy atom. The number of likely N-dealkylation sites (tertiary alicyclic amines) is 1. The highest BCUT2D eigenvalue weighted by atomic mass is 19.3. The number of nitrogens with one attached hydrogen (secondary N) is 1. The smallest absolute Gasteiger partial charge is 0.387 e. The van der Waals surface area contributed by atoms with Crippen molar-refractivity contribution < 1.29 is 27.9 Å². The van der Waals surface area contributed by atoms with Crippen LogP contribution in [0.1, 0.15) is 49.8 Å². The largest absolute Gasteiger partial charge is 0.435 e. The maximum Gasteiger partial charge on any atom is 0.387 e. The van der Waals surface area contributed by atoms with Crippen LogP contribution in [0, 0.1) is 0 Å². The molecule has 8 heteroatoms. The van der Waals surface area contributed by atoms with Crippen LogP contribution in [-0.4, -0.2) is 35.3 Å². The summed E-state index contributed by atoms with van der Waals surface area (Å²) >= 11 is 0. The zero-order chi connectivity index (χ0) is 18.8. The van der Waals surface area contributed by atoms with E-state index in [1.54, 1.807) is 12.1 Å². The topological polar surface area (TPSA) is 75.7 Å². The highest BCUT2D eigenvalue weighted by Crippen LogP contribution is 2.33. The van der Waals surface area contributed by atoms with E-state index in [1.165, 1.54) is 13.0 Å². The van der Waals surface area contributed by atoms with E-state index in [0.29, 0.717) is 12.8 Å². The van der Waals surface area contributed by atoms with Crippen LogP contribution < -0.4 is 10.1 Å². The number of alkyl halides is 2. The predicted molar refractivity (Wildman–Crippen MR) is 87.4 cm³/mol. The Labute approximate surface area is 149 Å². The van der Waals surface area contributed by atoms with Crippen molar-refractivity contribution >= 4 is 17.7 Å². The Kier molecular flexibility index (Phi) is 5.20. The minimum Gasteiger partial charge on any atom is -0.435 e. The number of halogens is 2. The summed E-state index contributed by atoms with van der Waals surface area (Å²) in [7, 11) is 0. The van der Waals surface area contributed by atoms with Crippen LogP contribution in [0.15, 0.2) is 18.2 Å². The van der Waals surface area contributed by atoms with E-state index in [-0.39, 0.29) is 36.4 Å². The van der Waals surface area contributed by atoms with Gasteiger partial charge in [0.15, 0.2) is 0 Å². The molecule has 1 aliphatic heterocycles. The van der Waals surface area contributed by atoms with E-state index in [0.717, 1.165) is 22.4 Å². The number of hydrogen-bond donors (Lipinski definition) is 1. The minimum atomic E-state index is -2.89.